The van der Waals surface area contributed by atoms with E-state index in [-0.39, 0.29) is 18.0 Å². The SMILES string of the molecule is CSC[C@@H](NC(=O)[C@@H](C)n1cccn1)c1ccccc1. The molecule has 1 aromatic carbocycles. The maximum atomic E-state index is 12.3. The number of aromatic nitrogens is 2. The average Bonchev–Trinajstić information content (AvgIpc) is 3.01. The number of benzene rings is 1. The summed E-state index contributed by atoms with van der Waals surface area (Å²) in [5, 5.41) is 7.22. The van der Waals surface area contributed by atoms with Gasteiger partial charge in [0.2, 0.25) is 5.91 Å². The predicted octanol–water partition coefficient (Wildman–Crippen LogP) is 2.66. The number of carbonyl (C=O) groups is 1. The van der Waals surface area contributed by atoms with Gasteiger partial charge < -0.3 is 5.32 Å². The predicted molar refractivity (Wildman–Crippen MR) is 82.6 cm³/mol. The van der Waals surface area contributed by atoms with Gasteiger partial charge in [0.15, 0.2) is 0 Å². The summed E-state index contributed by atoms with van der Waals surface area (Å²) in [6, 6.07) is 11.6. The van der Waals surface area contributed by atoms with Gasteiger partial charge in [-0.05, 0) is 24.8 Å². The third-order valence-electron chi connectivity index (χ3n) is 3.15. The molecule has 1 heterocycles. The Hall–Kier alpha value is -1.75. The van der Waals surface area contributed by atoms with Crippen molar-refractivity contribution < 1.29 is 4.79 Å². The highest BCUT2D eigenvalue weighted by molar-refractivity contribution is 7.98. The monoisotopic (exact) mass is 289 g/mol. The first-order chi connectivity index (χ1) is 9.72. The van der Waals surface area contributed by atoms with Crippen LogP contribution in [0.4, 0.5) is 0 Å². The van der Waals surface area contributed by atoms with Crippen molar-refractivity contribution in [3.8, 4) is 0 Å². The van der Waals surface area contributed by atoms with Crippen LogP contribution in [0.2, 0.25) is 0 Å². The molecule has 0 spiro atoms. The fourth-order valence-electron chi connectivity index (χ4n) is 2.00. The summed E-state index contributed by atoms with van der Waals surface area (Å²) in [4.78, 5) is 12.3. The van der Waals surface area contributed by atoms with Crippen LogP contribution in [0.15, 0.2) is 48.8 Å². The quantitative estimate of drug-likeness (QED) is 0.889. The molecular weight excluding hydrogens is 270 g/mol. The van der Waals surface area contributed by atoms with Crippen molar-refractivity contribution in [2.45, 2.75) is 19.0 Å². The number of thioether (sulfide) groups is 1. The van der Waals surface area contributed by atoms with Crippen LogP contribution in [0.25, 0.3) is 0 Å². The van der Waals surface area contributed by atoms with E-state index in [1.165, 1.54) is 0 Å². The number of nitrogens with zero attached hydrogens (tertiary/aromatic N) is 2. The molecule has 0 radical (unpaired) electrons. The molecule has 20 heavy (non-hydrogen) atoms. The van der Waals surface area contributed by atoms with E-state index in [9.17, 15) is 4.79 Å². The zero-order valence-electron chi connectivity index (χ0n) is 11.7. The Morgan fingerprint density at radius 3 is 2.70 bits per heavy atom. The molecule has 0 saturated carbocycles. The van der Waals surface area contributed by atoms with E-state index in [0.717, 1.165) is 11.3 Å². The Labute approximate surface area is 123 Å². The van der Waals surface area contributed by atoms with Crippen LogP contribution in [0.1, 0.15) is 24.6 Å². The van der Waals surface area contributed by atoms with E-state index < -0.39 is 0 Å². The summed E-state index contributed by atoms with van der Waals surface area (Å²) in [5.74, 6) is 0.832. The number of carbonyl (C=O) groups excluding carboxylic acids is 1. The molecule has 4 nitrogen and oxygen atoms in total. The minimum absolute atomic E-state index is 0.0170. The van der Waals surface area contributed by atoms with Gasteiger partial charge in [-0.2, -0.15) is 16.9 Å². The zero-order chi connectivity index (χ0) is 14.4. The first-order valence-electron chi connectivity index (χ1n) is 6.55. The topological polar surface area (TPSA) is 46.9 Å². The van der Waals surface area contributed by atoms with Crippen LogP contribution < -0.4 is 5.32 Å². The molecule has 0 saturated heterocycles. The van der Waals surface area contributed by atoms with Crippen molar-refractivity contribution in [2.24, 2.45) is 0 Å². The van der Waals surface area contributed by atoms with Crippen molar-refractivity contribution in [1.82, 2.24) is 15.1 Å². The minimum Gasteiger partial charge on any atom is -0.347 e. The number of amides is 1. The van der Waals surface area contributed by atoms with Crippen LogP contribution in [-0.4, -0.2) is 27.7 Å². The van der Waals surface area contributed by atoms with Crippen LogP contribution in [0.5, 0.6) is 0 Å². The second kappa shape index (κ2) is 7.14. The fourth-order valence-corrected chi connectivity index (χ4v) is 2.60. The molecule has 1 N–H and O–H groups in total. The number of rotatable bonds is 6. The lowest BCUT2D eigenvalue weighted by atomic mass is 10.1. The van der Waals surface area contributed by atoms with Gasteiger partial charge in [-0.3, -0.25) is 9.48 Å². The van der Waals surface area contributed by atoms with E-state index >= 15 is 0 Å². The van der Waals surface area contributed by atoms with Gasteiger partial charge in [0.25, 0.3) is 0 Å². The molecule has 2 rings (SSSR count). The van der Waals surface area contributed by atoms with Crippen molar-refractivity contribution >= 4 is 17.7 Å². The van der Waals surface area contributed by atoms with Gasteiger partial charge >= 0.3 is 0 Å². The summed E-state index contributed by atoms with van der Waals surface area (Å²) in [6.07, 6.45) is 5.52. The van der Waals surface area contributed by atoms with Gasteiger partial charge in [-0.15, -0.1) is 0 Å². The van der Waals surface area contributed by atoms with Crippen molar-refractivity contribution in [3.05, 3.63) is 54.4 Å². The molecule has 0 aliphatic heterocycles. The van der Waals surface area contributed by atoms with E-state index in [1.807, 2.05) is 49.6 Å². The lowest BCUT2D eigenvalue weighted by Crippen LogP contribution is -2.35. The molecule has 5 heteroatoms. The Bertz CT molecular complexity index is 527. The summed E-state index contributed by atoms with van der Waals surface area (Å²) in [5.41, 5.74) is 1.13. The minimum atomic E-state index is -0.307. The third kappa shape index (κ3) is 3.63. The zero-order valence-corrected chi connectivity index (χ0v) is 12.5. The summed E-state index contributed by atoms with van der Waals surface area (Å²) >= 11 is 1.72. The maximum absolute atomic E-state index is 12.3. The molecule has 0 fully saturated rings. The van der Waals surface area contributed by atoms with Gasteiger partial charge in [0.1, 0.15) is 6.04 Å². The third-order valence-corrected chi connectivity index (χ3v) is 3.82. The highest BCUT2D eigenvalue weighted by atomic mass is 32.2. The molecule has 0 unspecified atom stereocenters. The number of hydrogen-bond acceptors (Lipinski definition) is 3. The first kappa shape index (κ1) is 14.7. The van der Waals surface area contributed by atoms with E-state index in [1.54, 1.807) is 28.8 Å². The smallest absolute Gasteiger partial charge is 0.245 e. The normalized spacial score (nSPS) is 13.7. The average molecular weight is 289 g/mol. The first-order valence-corrected chi connectivity index (χ1v) is 7.95. The van der Waals surface area contributed by atoms with Crippen molar-refractivity contribution in [3.63, 3.8) is 0 Å². The summed E-state index contributed by atoms with van der Waals surface area (Å²) in [6.45, 7) is 1.85. The van der Waals surface area contributed by atoms with E-state index in [0.29, 0.717) is 0 Å². The number of hydrogen-bond donors (Lipinski definition) is 1. The van der Waals surface area contributed by atoms with Crippen LogP contribution in [0.3, 0.4) is 0 Å². The van der Waals surface area contributed by atoms with Crippen LogP contribution in [0, 0.1) is 0 Å². The standard InChI is InChI=1S/C15H19N3OS/c1-12(18-10-6-9-16-18)15(19)17-14(11-20-2)13-7-4-3-5-8-13/h3-10,12,14H,11H2,1-2H3,(H,17,19)/t12-,14-/m1/s1. The van der Waals surface area contributed by atoms with Crippen LogP contribution >= 0.6 is 11.8 Å². The highest BCUT2D eigenvalue weighted by Gasteiger charge is 2.19. The number of nitrogens with one attached hydrogen (secondary N) is 1. The van der Waals surface area contributed by atoms with Gasteiger partial charge in [-0.25, -0.2) is 0 Å². The van der Waals surface area contributed by atoms with Gasteiger partial charge in [0.05, 0.1) is 6.04 Å². The van der Waals surface area contributed by atoms with Gasteiger partial charge in [0, 0.05) is 18.1 Å². The second-order valence-electron chi connectivity index (χ2n) is 4.59. The molecule has 0 bridgehead atoms. The van der Waals surface area contributed by atoms with Crippen molar-refractivity contribution in [2.75, 3.05) is 12.0 Å². The maximum Gasteiger partial charge on any atom is 0.245 e. The Morgan fingerprint density at radius 1 is 1.35 bits per heavy atom. The largest absolute Gasteiger partial charge is 0.347 e. The second-order valence-corrected chi connectivity index (χ2v) is 5.50. The fraction of sp³-hybridized carbons (Fsp3) is 0.333. The Kier molecular flexibility index (Phi) is 5.24. The Balaban J connectivity index is 2.06. The summed E-state index contributed by atoms with van der Waals surface area (Å²) < 4.78 is 1.66. The van der Waals surface area contributed by atoms with Crippen molar-refractivity contribution in [1.29, 1.82) is 0 Å². The highest BCUT2D eigenvalue weighted by Crippen LogP contribution is 2.18. The molecule has 106 valence electrons. The van der Waals surface area contributed by atoms with E-state index in [2.05, 4.69) is 10.4 Å². The lowest BCUT2D eigenvalue weighted by molar-refractivity contribution is -0.124. The molecular formula is C15H19N3OS. The Morgan fingerprint density at radius 2 is 2.10 bits per heavy atom. The lowest BCUT2D eigenvalue weighted by Gasteiger charge is -2.21. The van der Waals surface area contributed by atoms with Crippen LogP contribution in [-0.2, 0) is 4.79 Å². The summed E-state index contributed by atoms with van der Waals surface area (Å²) in [7, 11) is 0. The molecule has 2 atom stereocenters. The molecule has 2 aromatic rings. The van der Waals surface area contributed by atoms with Gasteiger partial charge in [-0.1, -0.05) is 30.3 Å². The molecule has 1 aromatic heterocycles. The molecule has 0 aliphatic rings. The van der Waals surface area contributed by atoms with E-state index in [4.69, 9.17) is 0 Å². The molecule has 1 amide bonds. The molecule has 0 aliphatic carbocycles.